The molecule has 0 atom stereocenters. The van der Waals surface area contributed by atoms with Gasteiger partial charge in [-0.1, -0.05) is 23.7 Å². The first-order valence-corrected chi connectivity index (χ1v) is 8.14. The van der Waals surface area contributed by atoms with Crippen LogP contribution in [0, 0.1) is 6.92 Å². The van der Waals surface area contributed by atoms with Crippen molar-refractivity contribution in [1.29, 1.82) is 0 Å². The first kappa shape index (κ1) is 17.0. The fourth-order valence-electron chi connectivity index (χ4n) is 2.32. The molecule has 0 saturated heterocycles. The van der Waals surface area contributed by atoms with Crippen LogP contribution in [0.3, 0.4) is 0 Å². The number of furan rings is 1. The van der Waals surface area contributed by atoms with Crippen LogP contribution < -0.4 is 0 Å². The molecule has 2 aromatic heterocycles. The Morgan fingerprint density at radius 1 is 1.33 bits per heavy atom. The molecule has 0 N–H and O–H groups in total. The number of hydrogen-bond acceptors (Lipinski definition) is 4. The molecule has 2 heterocycles. The minimum atomic E-state index is -4.44. The van der Waals surface area contributed by atoms with Crippen molar-refractivity contribution < 1.29 is 22.4 Å². The first-order valence-electron chi connectivity index (χ1n) is 6.94. The number of benzene rings is 1. The van der Waals surface area contributed by atoms with Crippen LogP contribution in [0.5, 0.6) is 0 Å². The monoisotopic (exact) mass is 373 g/mol. The molecule has 3 aromatic rings. The van der Waals surface area contributed by atoms with Gasteiger partial charge in [-0.2, -0.15) is 13.2 Å². The maximum Gasteiger partial charge on any atom is 0.427 e. The number of hydrogen-bond donors (Lipinski definition) is 0. The zero-order valence-electron chi connectivity index (χ0n) is 12.4. The van der Waals surface area contributed by atoms with Gasteiger partial charge in [0.25, 0.3) is 0 Å². The van der Waals surface area contributed by atoms with Crippen molar-refractivity contribution in [2.24, 2.45) is 0 Å². The smallest absolute Gasteiger partial charge is 0.427 e. The number of carbonyl (C=O) groups excluding carboxylic acids is 1. The maximum absolute atomic E-state index is 12.5. The summed E-state index contributed by atoms with van der Waals surface area (Å²) < 4.78 is 43.1. The third-order valence-electron chi connectivity index (χ3n) is 3.52. The second-order valence-corrected chi connectivity index (χ2v) is 6.84. The lowest BCUT2D eigenvalue weighted by atomic mass is 10.1. The molecule has 0 saturated carbocycles. The number of aromatic nitrogens is 1. The molecule has 0 radical (unpaired) electrons. The minimum Gasteiger partial charge on any atom is -0.462 e. The fourth-order valence-corrected chi connectivity index (χ4v) is 3.34. The number of carbonyl (C=O) groups is 1. The van der Waals surface area contributed by atoms with Gasteiger partial charge in [-0.05, 0) is 12.5 Å². The van der Waals surface area contributed by atoms with Crippen molar-refractivity contribution in [1.82, 2.24) is 4.98 Å². The van der Waals surface area contributed by atoms with Crippen molar-refractivity contribution in [2.75, 3.05) is 0 Å². The van der Waals surface area contributed by atoms with Gasteiger partial charge in [0.1, 0.15) is 15.7 Å². The number of thiazole rings is 1. The van der Waals surface area contributed by atoms with Crippen molar-refractivity contribution in [3.05, 3.63) is 50.6 Å². The highest BCUT2D eigenvalue weighted by atomic mass is 35.5. The topological polar surface area (TPSA) is 43.1 Å². The lowest BCUT2D eigenvalue weighted by Crippen LogP contribution is -2.06. The molecule has 0 aliphatic heterocycles. The Balaban J connectivity index is 1.76. The molecule has 0 unspecified atom stereocenters. The van der Waals surface area contributed by atoms with Crippen molar-refractivity contribution >= 4 is 39.7 Å². The number of alkyl halides is 3. The summed E-state index contributed by atoms with van der Waals surface area (Å²) in [4.78, 5) is 15.0. The number of aryl methyl sites for hydroxylation is 1. The highest BCUT2D eigenvalue weighted by Gasteiger charge is 2.33. The van der Waals surface area contributed by atoms with Crippen LogP contribution in [0.1, 0.15) is 21.0 Å². The molecule has 126 valence electrons. The third-order valence-corrected chi connectivity index (χ3v) is 5.04. The molecule has 0 fully saturated rings. The molecule has 0 spiro atoms. The summed E-state index contributed by atoms with van der Waals surface area (Å²) >= 11 is 6.64. The molecule has 3 rings (SSSR count). The second kappa shape index (κ2) is 6.22. The van der Waals surface area contributed by atoms with Crippen LogP contribution in [-0.2, 0) is 23.8 Å². The summed E-state index contributed by atoms with van der Waals surface area (Å²) in [6.07, 6.45) is -2.32. The highest BCUT2D eigenvalue weighted by molar-refractivity contribution is 7.11. The van der Waals surface area contributed by atoms with Gasteiger partial charge in [-0.15, -0.1) is 11.3 Å². The zero-order valence-corrected chi connectivity index (χ0v) is 14.0. The van der Waals surface area contributed by atoms with E-state index in [4.69, 9.17) is 16.0 Å². The molecular formula is C16H11ClF3NO2S. The van der Waals surface area contributed by atoms with E-state index in [0.717, 1.165) is 17.1 Å². The Morgan fingerprint density at radius 2 is 2.08 bits per heavy atom. The van der Waals surface area contributed by atoms with Gasteiger partial charge in [0.15, 0.2) is 5.58 Å². The van der Waals surface area contributed by atoms with E-state index in [1.807, 2.05) is 19.1 Å². The molecule has 3 nitrogen and oxygen atoms in total. The van der Waals surface area contributed by atoms with Crippen molar-refractivity contribution in [3.8, 4) is 0 Å². The molecule has 1 aromatic carbocycles. The van der Waals surface area contributed by atoms with Gasteiger partial charge in [-0.3, -0.25) is 4.79 Å². The molecule has 0 bridgehead atoms. The number of ketones is 1. The van der Waals surface area contributed by atoms with E-state index in [1.165, 1.54) is 6.26 Å². The van der Waals surface area contributed by atoms with Gasteiger partial charge in [0.2, 0.25) is 0 Å². The van der Waals surface area contributed by atoms with E-state index in [0.29, 0.717) is 27.5 Å². The molecule has 0 aliphatic carbocycles. The fraction of sp³-hybridized carbons (Fsp3) is 0.250. The SMILES string of the molecule is Cc1ccc2c(CC(=O)Cc3ncc(C(F)(F)F)s3)coc2c1Cl. The summed E-state index contributed by atoms with van der Waals surface area (Å²) in [5, 5.41) is 1.36. The van der Waals surface area contributed by atoms with Crippen molar-refractivity contribution in [3.63, 3.8) is 0 Å². The van der Waals surface area contributed by atoms with Crippen LogP contribution in [0.4, 0.5) is 13.2 Å². The lowest BCUT2D eigenvalue weighted by molar-refractivity contribution is -0.134. The second-order valence-electron chi connectivity index (χ2n) is 5.34. The Hall–Kier alpha value is -1.86. The Morgan fingerprint density at radius 3 is 2.75 bits per heavy atom. The van der Waals surface area contributed by atoms with Gasteiger partial charge < -0.3 is 4.42 Å². The number of fused-ring (bicyclic) bond motifs is 1. The van der Waals surface area contributed by atoms with Gasteiger partial charge in [0.05, 0.1) is 23.9 Å². The highest BCUT2D eigenvalue weighted by Crippen LogP contribution is 2.34. The molecule has 0 aliphatic rings. The Bertz CT molecular complexity index is 914. The normalized spacial score (nSPS) is 12.0. The number of Topliss-reactive ketones (excluding diaryl/α,β-unsaturated/α-hetero) is 1. The summed E-state index contributed by atoms with van der Waals surface area (Å²) in [7, 11) is 0. The summed E-state index contributed by atoms with van der Waals surface area (Å²) in [5.74, 6) is -0.238. The van der Waals surface area contributed by atoms with E-state index in [-0.39, 0.29) is 23.6 Å². The maximum atomic E-state index is 12.5. The predicted molar refractivity (Wildman–Crippen MR) is 85.5 cm³/mol. The quantitative estimate of drug-likeness (QED) is 0.629. The average molecular weight is 374 g/mol. The van der Waals surface area contributed by atoms with E-state index in [9.17, 15) is 18.0 Å². The first-order chi connectivity index (χ1) is 11.3. The Kier molecular flexibility index (Phi) is 4.40. The summed E-state index contributed by atoms with van der Waals surface area (Å²) in [6, 6.07) is 3.64. The minimum absolute atomic E-state index is 0.0489. The largest absolute Gasteiger partial charge is 0.462 e. The average Bonchev–Trinajstić information content (AvgIpc) is 3.10. The van der Waals surface area contributed by atoms with E-state index < -0.39 is 11.1 Å². The number of rotatable bonds is 4. The Labute approximate surface area is 144 Å². The van der Waals surface area contributed by atoms with Gasteiger partial charge in [0, 0.05) is 17.4 Å². The molecular weight excluding hydrogens is 363 g/mol. The van der Waals surface area contributed by atoms with E-state index in [2.05, 4.69) is 4.98 Å². The van der Waals surface area contributed by atoms with Crippen LogP contribution in [-0.4, -0.2) is 10.8 Å². The van der Waals surface area contributed by atoms with Crippen LogP contribution in [0.2, 0.25) is 5.02 Å². The zero-order chi connectivity index (χ0) is 17.5. The number of nitrogens with zero attached hydrogens (tertiary/aromatic N) is 1. The predicted octanol–water partition coefficient (Wildman–Crippen LogP) is 5.22. The van der Waals surface area contributed by atoms with Gasteiger partial charge in [-0.25, -0.2) is 4.98 Å². The van der Waals surface area contributed by atoms with Crippen LogP contribution in [0.25, 0.3) is 11.0 Å². The van der Waals surface area contributed by atoms with Crippen LogP contribution >= 0.6 is 22.9 Å². The van der Waals surface area contributed by atoms with Gasteiger partial charge >= 0.3 is 6.18 Å². The number of halogens is 4. The lowest BCUT2D eigenvalue weighted by Gasteiger charge is -2.00. The molecule has 8 heteroatoms. The van der Waals surface area contributed by atoms with E-state index in [1.54, 1.807) is 0 Å². The van der Waals surface area contributed by atoms with Crippen molar-refractivity contribution in [2.45, 2.75) is 25.9 Å². The third kappa shape index (κ3) is 3.32. The van der Waals surface area contributed by atoms with E-state index >= 15 is 0 Å². The molecule has 0 amide bonds. The molecule has 24 heavy (non-hydrogen) atoms. The standard InChI is InChI=1S/C16H11ClF3NO2S/c1-8-2-3-11-9(7-23-15(11)14(8)17)4-10(22)5-13-21-6-12(24-13)16(18,19)20/h2-3,6-7H,4-5H2,1H3. The van der Waals surface area contributed by atoms with Crippen LogP contribution in [0.15, 0.2) is 29.0 Å². The summed E-state index contributed by atoms with van der Waals surface area (Å²) in [6.45, 7) is 1.84. The summed E-state index contributed by atoms with van der Waals surface area (Å²) in [5.41, 5.74) is 2.02.